The Morgan fingerprint density at radius 1 is 1.27 bits per heavy atom. The van der Waals surface area contributed by atoms with Crippen LogP contribution in [0.25, 0.3) is 0 Å². The van der Waals surface area contributed by atoms with Gasteiger partial charge in [-0.1, -0.05) is 0 Å². The Balaban J connectivity index is 2.00. The number of β-amino-alcohol motifs (C(OH)–C–C–N with tert-alkyl or cyclic N) is 1. The molecule has 1 unspecified atom stereocenters. The van der Waals surface area contributed by atoms with Crippen molar-refractivity contribution in [2.24, 2.45) is 5.73 Å². The van der Waals surface area contributed by atoms with Gasteiger partial charge in [0.2, 0.25) is 0 Å². The van der Waals surface area contributed by atoms with E-state index in [1.807, 2.05) is 4.90 Å². The summed E-state index contributed by atoms with van der Waals surface area (Å²) in [6, 6.07) is 2.11. The van der Waals surface area contributed by atoms with E-state index < -0.39 is 17.7 Å². The van der Waals surface area contributed by atoms with E-state index in [0.29, 0.717) is 51.4 Å². The molecule has 0 saturated carbocycles. The lowest BCUT2D eigenvalue weighted by atomic mass is 10.2. The van der Waals surface area contributed by atoms with Gasteiger partial charge in [0.15, 0.2) is 11.6 Å². The first-order chi connectivity index (χ1) is 10.5. The molecule has 0 radical (unpaired) electrons. The number of benzene rings is 1. The Labute approximate surface area is 129 Å². The third-order valence-electron chi connectivity index (χ3n) is 3.87. The molecule has 0 bridgehead atoms. The van der Waals surface area contributed by atoms with Gasteiger partial charge in [0, 0.05) is 44.9 Å². The lowest BCUT2D eigenvalue weighted by molar-refractivity contribution is 0.104. The molecular formula is C15H23F2N3O2. The van der Waals surface area contributed by atoms with Crippen LogP contribution in [0.1, 0.15) is 6.42 Å². The van der Waals surface area contributed by atoms with Crippen molar-refractivity contribution >= 4 is 5.69 Å². The maximum atomic E-state index is 13.8. The number of anilines is 1. The van der Waals surface area contributed by atoms with Gasteiger partial charge in [-0.25, -0.2) is 8.78 Å². The number of rotatable bonds is 6. The zero-order valence-corrected chi connectivity index (χ0v) is 12.8. The molecule has 7 heteroatoms. The predicted octanol–water partition coefficient (Wildman–Crippen LogP) is 0.805. The Morgan fingerprint density at radius 2 is 1.95 bits per heavy atom. The van der Waals surface area contributed by atoms with Crippen LogP contribution in [0.4, 0.5) is 14.5 Å². The van der Waals surface area contributed by atoms with Gasteiger partial charge in [-0.05, 0) is 13.0 Å². The number of aliphatic hydroxyl groups excluding tert-OH is 1. The summed E-state index contributed by atoms with van der Waals surface area (Å²) in [5.74, 6) is -1.24. The van der Waals surface area contributed by atoms with Crippen molar-refractivity contribution in [2.75, 3.05) is 51.3 Å². The third-order valence-corrected chi connectivity index (χ3v) is 3.87. The van der Waals surface area contributed by atoms with E-state index in [9.17, 15) is 13.9 Å². The molecule has 0 aliphatic carbocycles. The van der Waals surface area contributed by atoms with Crippen LogP contribution in [-0.2, 0) is 0 Å². The molecule has 0 aromatic heterocycles. The third kappa shape index (κ3) is 4.06. The van der Waals surface area contributed by atoms with E-state index in [2.05, 4.69) is 4.90 Å². The van der Waals surface area contributed by atoms with Crippen molar-refractivity contribution in [3.8, 4) is 5.75 Å². The zero-order valence-electron chi connectivity index (χ0n) is 12.8. The van der Waals surface area contributed by atoms with Crippen molar-refractivity contribution in [3.63, 3.8) is 0 Å². The van der Waals surface area contributed by atoms with Gasteiger partial charge in [0.1, 0.15) is 5.82 Å². The number of nitrogens with two attached hydrogens (primary N) is 1. The Hall–Kier alpha value is -1.44. The van der Waals surface area contributed by atoms with Gasteiger partial charge >= 0.3 is 0 Å². The van der Waals surface area contributed by atoms with Crippen LogP contribution >= 0.6 is 0 Å². The predicted molar refractivity (Wildman–Crippen MR) is 81.2 cm³/mol. The van der Waals surface area contributed by atoms with Crippen LogP contribution in [0, 0.1) is 11.6 Å². The van der Waals surface area contributed by atoms with Crippen LogP contribution < -0.4 is 15.4 Å². The summed E-state index contributed by atoms with van der Waals surface area (Å²) >= 11 is 0. The molecule has 1 aromatic carbocycles. The topological polar surface area (TPSA) is 62.0 Å². The molecular weight excluding hydrogens is 292 g/mol. The molecule has 0 amide bonds. The quantitative estimate of drug-likeness (QED) is 0.813. The summed E-state index contributed by atoms with van der Waals surface area (Å²) < 4.78 is 32.3. The van der Waals surface area contributed by atoms with Crippen LogP contribution in [0.2, 0.25) is 0 Å². The smallest absolute Gasteiger partial charge is 0.178 e. The first kappa shape index (κ1) is 16.9. The lowest BCUT2D eigenvalue weighted by Gasteiger charge is -2.37. The molecule has 1 aliphatic rings. The number of hydrogen-bond donors (Lipinski definition) is 2. The maximum Gasteiger partial charge on any atom is 0.178 e. The van der Waals surface area contributed by atoms with E-state index in [0.717, 1.165) is 6.07 Å². The Kier molecular flexibility index (Phi) is 5.93. The summed E-state index contributed by atoms with van der Waals surface area (Å²) in [6.45, 7) is 3.69. The molecule has 3 N–H and O–H groups in total. The number of hydrogen-bond acceptors (Lipinski definition) is 5. The highest BCUT2D eigenvalue weighted by atomic mass is 19.1. The highest BCUT2D eigenvalue weighted by Crippen LogP contribution is 2.32. The fraction of sp³-hybridized carbons (Fsp3) is 0.600. The van der Waals surface area contributed by atoms with Crippen LogP contribution in [0.15, 0.2) is 12.1 Å². The van der Waals surface area contributed by atoms with Crippen LogP contribution in [0.3, 0.4) is 0 Å². The van der Waals surface area contributed by atoms with Crippen LogP contribution in [-0.4, -0.2) is 62.5 Å². The minimum atomic E-state index is -0.696. The first-order valence-corrected chi connectivity index (χ1v) is 7.43. The van der Waals surface area contributed by atoms with Gasteiger partial charge < -0.3 is 20.5 Å². The van der Waals surface area contributed by atoms with Crippen LogP contribution in [0.5, 0.6) is 5.75 Å². The zero-order chi connectivity index (χ0) is 16.1. The number of methoxy groups -OCH3 is 1. The van der Waals surface area contributed by atoms with E-state index >= 15 is 0 Å². The average molecular weight is 315 g/mol. The number of piperazine rings is 1. The largest absolute Gasteiger partial charge is 0.492 e. The first-order valence-electron chi connectivity index (χ1n) is 7.43. The van der Waals surface area contributed by atoms with Crippen molar-refractivity contribution < 1.29 is 18.6 Å². The number of aliphatic hydroxyl groups is 1. The summed E-state index contributed by atoms with van der Waals surface area (Å²) in [7, 11) is 1.37. The molecule has 1 aliphatic heterocycles. The van der Waals surface area contributed by atoms with Gasteiger partial charge in [-0.3, -0.25) is 4.90 Å². The minimum absolute atomic E-state index is 0.0676. The molecule has 1 saturated heterocycles. The molecule has 22 heavy (non-hydrogen) atoms. The van der Waals surface area contributed by atoms with E-state index in [-0.39, 0.29) is 5.75 Å². The SMILES string of the molecule is COc1c(F)cc(F)cc1N1CCN(CC(O)CCN)CC1. The second-order valence-corrected chi connectivity index (χ2v) is 5.46. The van der Waals surface area contributed by atoms with E-state index in [1.165, 1.54) is 13.2 Å². The number of nitrogens with zero attached hydrogens (tertiary/aromatic N) is 2. The fourth-order valence-electron chi connectivity index (χ4n) is 2.74. The molecule has 2 rings (SSSR count). The second-order valence-electron chi connectivity index (χ2n) is 5.46. The van der Waals surface area contributed by atoms with Gasteiger partial charge in [0.05, 0.1) is 18.9 Å². The molecule has 124 valence electrons. The monoisotopic (exact) mass is 315 g/mol. The van der Waals surface area contributed by atoms with Crippen molar-refractivity contribution in [3.05, 3.63) is 23.8 Å². The standard InChI is InChI=1S/C15H23F2N3O2/c1-22-15-13(17)8-11(16)9-14(15)20-6-4-19(5-7-20)10-12(21)2-3-18/h8-9,12,21H,2-7,10,18H2,1H3. The van der Waals surface area contributed by atoms with Gasteiger partial charge in [-0.2, -0.15) is 0 Å². The number of halogens is 2. The summed E-state index contributed by atoms with van der Waals surface area (Å²) in [5.41, 5.74) is 5.85. The molecule has 5 nitrogen and oxygen atoms in total. The molecule has 1 atom stereocenters. The molecule has 1 heterocycles. The van der Waals surface area contributed by atoms with Gasteiger partial charge in [0.25, 0.3) is 0 Å². The van der Waals surface area contributed by atoms with Crippen molar-refractivity contribution in [1.29, 1.82) is 0 Å². The highest BCUT2D eigenvalue weighted by Gasteiger charge is 2.23. The second kappa shape index (κ2) is 7.71. The highest BCUT2D eigenvalue weighted by molar-refractivity contribution is 5.59. The normalized spacial score (nSPS) is 17.6. The Bertz CT molecular complexity index is 494. The summed E-state index contributed by atoms with van der Waals surface area (Å²) in [6.07, 6.45) is 0.140. The lowest BCUT2D eigenvalue weighted by Crippen LogP contribution is -2.49. The number of ether oxygens (including phenoxy) is 1. The average Bonchev–Trinajstić information content (AvgIpc) is 2.47. The molecule has 1 aromatic rings. The molecule has 0 spiro atoms. The fourth-order valence-corrected chi connectivity index (χ4v) is 2.74. The van der Waals surface area contributed by atoms with E-state index in [4.69, 9.17) is 10.5 Å². The Morgan fingerprint density at radius 3 is 2.55 bits per heavy atom. The minimum Gasteiger partial charge on any atom is -0.492 e. The summed E-state index contributed by atoms with van der Waals surface area (Å²) in [4.78, 5) is 4.02. The molecule has 1 fully saturated rings. The maximum absolute atomic E-state index is 13.8. The summed E-state index contributed by atoms with van der Waals surface area (Å²) in [5, 5.41) is 9.78. The van der Waals surface area contributed by atoms with Gasteiger partial charge in [-0.15, -0.1) is 0 Å². The van der Waals surface area contributed by atoms with Crippen molar-refractivity contribution in [2.45, 2.75) is 12.5 Å². The van der Waals surface area contributed by atoms with E-state index in [1.54, 1.807) is 0 Å². The van der Waals surface area contributed by atoms with Crippen molar-refractivity contribution in [1.82, 2.24) is 4.90 Å².